The highest BCUT2D eigenvalue weighted by molar-refractivity contribution is 6.30. The summed E-state index contributed by atoms with van der Waals surface area (Å²) in [7, 11) is 0. The van der Waals surface area contributed by atoms with Crippen LogP contribution in [0.2, 0.25) is 5.02 Å². The van der Waals surface area contributed by atoms with Gasteiger partial charge in [0.25, 0.3) is 5.79 Å². The van der Waals surface area contributed by atoms with Crippen molar-refractivity contribution in [1.29, 1.82) is 0 Å². The lowest BCUT2D eigenvalue weighted by molar-refractivity contribution is -0.0723. The molecule has 0 bridgehead atoms. The number of halogens is 2. The summed E-state index contributed by atoms with van der Waals surface area (Å²) in [6, 6.07) is 9.17. The van der Waals surface area contributed by atoms with Crippen molar-refractivity contribution in [3.8, 4) is 11.5 Å². The van der Waals surface area contributed by atoms with Crippen LogP contribution in [0.5, 0.6) is 11.5 Å². The molecule has 0 radical (unpaired) electrons. The summed E-state index contributed by atoms with van der Waals surface area (Å²) in [4.78, 5) is 4.31. The van der Waals surface area contributed by atoms with Crippen LogP contribution in [-0.4, -0.2) is 24.2 Å². The first-order valence-corrected chi connectivity index (χ1v) is 8.42. The van der Waals surface area contributed by atoms with E-state index in [0.717, 1.165) is 18.5 Å². The van der Waals surface area contributed by atoms with E-state index in [2.05, 4.69) is 10.3 Å². The van der Waals surface area contributed by atoms with E-state index in [1.54, 1.807) is 18.3 Å². The fourth-order valence-corrected chi connectivity index (χ4v) is 3.47. The molecule has 0 saturated carbocycles. The van der Waals surface area contributed by atoms with Gasteiger partial charge in [0.2, 0.25) is 0 Å². The summed E-state index contributed by atoms with van der Waals surface area (Å²) >= 11 is 5.90. The van der Waals surface area contributed by atoms with Crippen molar-refractivity contribution in [1.82, 2.24) is 10.3 Å². The van der Waals surface area contributed by atoms with Crippen LogP contribution in [0.1, 0.15) is 30.5 Å². The highest BCUT2D eigenvalue weighted by Crippen LogP contribution is 2.49. The second-order valence-corrected chi connectivity index (χ2v) is 6.74. The Kier molecular flexibility index (Phi) is 3.85. The lowest BCUT2D eigenvalue weighted by atomic mass is 9.88. The molecule has 1 fully saturated rings. The van der Waals surface area contributed by atoms with E-state index in [4.69, 9.17) is 21.1 Å². The average Bonchev–Trinajstić information content (AvgIpc) is 2.93. The maximum Gasteiger partial charge on any atom is 0.292 e. The number of nitrogens with zero attached hydrogens (tertiary/aromatic N) is 1. The molecule has 0 amide bonds. The molecule has 3 atom stereocenters. The number of rotatable bonds is 2. The molecule has 3 heterocycles. The van der Waals surface area contributed by atoms with Gasteiger partial charge in [-0.15, -0.1) is 0 Å². The number of hydrogen-bond donors (Lipinski definition) is 1. The largest absolute Gasteiger partial charge is 0.443 e. The molecule has 4 rings (SSSR count). The minimum atomic E-state index is -1.04. The van der Waals surface area contributed by atoms with Crippen LogP contribution in [0, 0.1) is 0 Å². The molecule has 1 aromatic heterocycles. The average molecular weight is 349 g/mol. The predicted octanol–water partition coefficient (Wildman–Crippen LogP) is 3.79. The Morgan fingerprint density at radius 3 is 2.92 bits per heavy atom. The third-order valence-electron chi connectivity index (χ3n) is 4.61. The number of para-hydroxylation sites is 1. The Balaban J connectivity index is 1.69. The minimum Gasteiger partial charge on any atom is -0.443 e. The maximum atomic E-state index is 14.4. The lowest BCUT2D eigenvalue weighted by Crippen LogP contribution is -2.37. The molecule has 4 nitrogen and oxygen atoms in total. The van der Waals surface area contributed by atoms with Gasteiger partial charge in [-0.2, -0.15) is 0 Å². The van der Waals surface area contributed by atoms with E-state index in [1.807, 2.05) is 25.1 Å². The van der Waals surface area contributed by atoms with Gasteiger partial charge in [0.15, 0.2) is 11.5 Å². The molecule has 2 aromatic rings. The molecular formula is C18H18ClFN2O2. The van der Waals surface area contributed by atoms with Gasteiger partial charge in [-0.1, -0.05) is 23.7 Å². The number of fused-ring (bicyclic) bond motifs is 1. The molecule has 1 N–H and O–H groups in total. The van der Waals surface area contributed by atoms with Crippen LogP contribution in [0.4, 0.5) is 4.39 Å². The van der Waals surface area contributed by atoms with Gasteiger partial charge in [0.1, 0.15) is 11.9 Å². The molecule has 24 heavy (non-hydrogen) atoms. The number of ether oxygens (including phenoxy) is 2. The normalized spacial score (nSPS) is 28.8. The molecule has 2 aliphatic rings. The summed E-state index contributed by atoms with van der Waals surface area (Å²) in [6.07, 6.45) is 1.36. The van der Waals surface area contributed by atoms with Crippen molar-refractivity contribution in [2.75, 3.05) is 13.1 Å². The zero-order chi connectivity index (χ0) is 16.7. The highest BCUT2D eigenvalue weighted by Gasteiger charge is 2.43. The number of pyridine rings is 1. The fourth-order valence-electron chi connectivity index (χ4n) is 3.36. The van der Waals surface area contributed by atoms with Gasteiger partial charge in [-0.05, 0) is 31.2 Å². The second kappa shape index (κ2) is 5.90. The van der Waals surface area contributed by atoms with Gasteiger partial charge in [0, 0.05) is 31.1 Å². The third-order valence-corrected chi connectivity index (χ3v) is 4.83. The highest BCUT2D eigenvalue weighted by atomic mass is 35.5. The van der Waals surface area contributed by atoms with Crippen molar-refractivity contribution in [2.45, 2.75) is 31.2 Å². The Hall–Kier alpha value is -1.85. The van der Waals surface area contributed by atoms with Crippen molar-refractivity contribution in [3.05, 3.63) is 52.8 Å². The Labute approximate surface area is 144 Å². The van der Waals surface area contributed by atoms with E-state index in [9.17, 15) is 4.39 Å². The van der Waals surface area contributed by atoms with E-state index in [0.29, 0.717) is 28.8 Å². The van der Waals surface area contributed by atoms with Crippen molar-refractivity contribution >= 4 is 11.6 Å². The SMILES string of the molecule is C[C@]1(c2ccc(Cl)cn2)Oc2cccc(C3CCNCC3F)c2O1. The summed E-state index contributed by atoms with van der Waals surface area (Å²) in [5.41, 5.74) is 1.48. The van der Waals surface area contributed by atoms with Crippen molar-refractivity contribution < 1.29 is 13.9 Å². The topological polar surface area (TPSA) is 43.4 Å². The third kappa shape index (κ3) is 2.62. The van der Waals surface area contributed by atoms with Gasteiger partial charge < -0.3 is 14.8 Å². The zero-order valence-electron chi connectivity index (χ0n) is 13.3. The number of benzene rings is 1. The van der Waals surface area contributed by atoms with Gasteiger partial charge in [-0.3, -0.25) is 4.98 Å². The summed E-state index contributed by atoms with van der Waals surface area (Å²) < 4.78 is 26.5. The van der Waals surface area contributed by atoms with Crippen LogP contribution in [0.25, 0.3) is 0 Å². The van der Waals surface area contributed by atoms with Crippen LogP contribution in [-0.2, 0) is 5.79 Å². The maximum absolute atomic E-state index is 14.4. The van der Waals surface area contributed by atoms with Gasteiger partial charge in [0.05, 0.1) is 5.02 Å². The molecule has 0 aliphatic carbocycles. The molecule has 6 heteroatoms. The Morgan fingerprint density at radius 2 is 2.17 bits per heavy atom. The van der Waals surface area contributed by atoms with Gasteiger partial charge >= 0.3 is 0 Å². The van der Waals surface area contributed by atoms with Crippen LogP contribution >= 0.6 is 11.6 Å². The quantitative estimate of drug-likeness (QED) is 0.896. The molecule has 2 unspecified atom stereocenters. The number of hydrogen-bond acceptors (Lipinski definition) is 4. The predicted molar refractivity (Wildman–Crippen MR) is 89.4 cm³/mol. The fraction of sp³-hybridized carbons (Fsp3) is 0.389. The van der Waals surface area contributed by atoms with Crippen molar-refractivity contribution in [2.24, 2.45) is 0 Å². The van der Waals surface area contributed by atoms with E-state index >= 15 is 0 Å². The number of aromatic nitrogens is 1. The van der Waals surface area contributed by atoms with Crippen LogP contribution in [0.3, 0.4) is 0 Å². The van der Waals surface area contributed by atoms with Crippen LogP contribution < -0.4 is 14.8 Å². The summed E-state index contributed by atoms with van der Waals surface area (Å²) in [5, 5.41) is 3.63. The Morgan fingerprint density at radius 1 is 1.29 bits per heavy atom. The first-order valence-electron chi connectivity index (χ1n) is 8.04. The summed E-state index contributed by atoms with van der Waals surface area (Å²) in [5.74, 6) is 0.0102. The standard InChI is InChI=1S/C18H18ClFN2O2/c1-18(16-6-5-11(19)9-22-16)23-15-4-2-3-13(17(15)24-18)12-7-8-21-10-14(12)20/h2-6,9,12,14,21H,7-8,10H2,1H3/t12?,14?,18-/m0/s1. The smallest absolute Gasteiger partial charge is 0.292 e. The Bertz CT molecular complexity index is 755. The monoisotopic (exact) mass is 348 g/mol. The molecule has 2 aliphatic heterocycles. The first-order chi connectivity index (χ1) is 11.6. The number of nitrogens with one attached hydrogen (secondary N) is 1. The molecular weight excluding hydrogens is 331 g/mol. The molecule has 1 saturated heterocycles. The van der Waals surface area contributed by atoms with Gasteiger partial charge in [-0.25, -0.2) is 4.39 Å². The van der Waals surface area contributed by atoms with E-state index in [-0.39, 0.29) is 5.92 Å². The van der Waals surface area contributed by atoms with E-state index in [1.165, 1.54) is 0 Å². The first kappa shape index (κ1) is 15.7. The lowest BCUT2D eigenvalue weighted by Gasteiger charge is -2.28. The molecule has 0 spiro atoms. The van der Waals surface area contributed by atoms with Crippen LogP contribution in [0.15, 0.2) is 36.5 Å². The van der Waals surface area contributed by atoms with Crippen molar-refractivity contribution in [3.63, 3.8) is 0 Å². The summed E-state index contributed by atoms with van der Waals surface area (Å²) in [6.45, 7) is 2.97. The number of piperidine rings is 1. The zero-order valence-corrected chi connectivity index (χ0v) is 14.0. The molecule has 1 aromatic carbocycles. The second-order valence-electron chi connectivity index (χ2n) is 6.30. The minimum absolute atomic E-state index is 0.190. The molecule has 126 valence electrons. The van der Waals surface area contributed by atoms with E-state index < -0.39 is 12.0 Å². The number of alkyl halides is 1.